The molecule has 182 valence electrons. The topological polar surface area (TPSA) is 117 Å². The number of hydrogen-bond donors (Lipinski definition) is 4. The summed E-state index contributed by atoms with van der Waals surface area (Å²) in [6, 6.07) is 16.7. The van der Waals surface area contributed by atoms with Crippen molar-refractivity contribution in [1.29, 1.82) is 0 Å². The van der Waals surface area contributed by atoms with E-state index in [0.29, 0.717) is 23.2 Å². The molecule has 0 radical (unpaired) electrons. The van der Waals surface area contributed by atoms with E-state index in [-0.39, 0.29) is 0 Å². The van der Waals surface area contributed by atoms with Crippen LogP contribution < -0.4 is 21.7 Å². The standard InChI is InChI=1S/C26H29N5O2S2/c1-34-20-13-21(30-26-22(20)23(27)24(35-26)25(28)33)31-10-8-18(9-11-31)29-14-19(32)17-7-6-15-4-2-3-5-16(15)12-17/h2-7,12-13,18-19,29,32H,8-11,14,27H2,1H3,(H2,28,33). The minimum absolute atomic E-state index is 0.337. The molecule has 7 nitrogen and oxygen atoms in total. The van der Waals surface area contributed by atoms with Crippen LogP contribution in [0.1, 0.15) is 34.2 Å². The van der Waals surface area contributed by atoms with E-state index in [1.54, 1.807) is 11.8 Å². The highest BCUT2D eigenvalue weighted by molar-refractivity contribution is 7.98. The number of aliphatic hydroxyl groups is 1. The first kappa shape index (κ1) is 23.9. The molecule has 1 atom stereocenters. The van der Waals surface area contributed by atoms with Crippen molar-refractivity contribution in [2.24, 2.45) is 5.73 Å². The fraction of sp³-hybridized carbons (Fsp3) is 0.308. The van der Waals surface area contributed by atoms with E-state index < -0.39 is 12.0 Å². The Hall–Kier alpha value is -2.85. The van der Waals surface area contributed by atoms with Crippen molar-refractivity contribution in [2.75, 3.05) is 36.5 Å². The van der Waals surface area contributed by atoms with Crippen molar-refractivity contribution in [2.45, 2.75) is 29.9 Å². The summed E-state index contributed by atoms with van der Waals surface area (Å²) in [5.74, 6) is 0.380. The Labute approximate surface area is 212 Å². The Morgan fingerprint density at radius 2 is 1.97 bits per heavy atom. The number of carbonyl (C=O) groups excluding carboxylic acids is 1. The average molecular weight is 508 g/mol. The number of hydrogen-bond acceptors (Lipinski definition) is 8. The summed E-state index contributed by atoms with van der Waals surface area (Å²) in [5, 5.41) is 17.4. The molecule has 0 spiro atoms. The number of piperidine rings is 1. The fourth-order valence-electron chi connectivity index (χ4n) is 4.70. The molecule has 1 unspecified atom stereocenters. The zero-order valence-electron chi connectivity index (χ0n) is 19.5. The zero-order chi connectivity index (χ0) is 24.5. The molecule has 9 heteroatoms. The summed E-state index contributed by atoms with van der Waals surface area (Å²) in [7, 11) is 0. The molecular formula is C26H29N5O2S2. The Kier molecular flexibility index (Phi) is 6.84. The lowest BCUT2D eigenvalue weighted by molar-refractivity contribution is 0.100. The van der Waals surface area contributed by atoms with E-state index in [0.717, 1.165) is 57.8 Å². The first-order valence-electron chi connectivity index (χ1n) is 11.7. The lowest BCUT2D eigenvalue weighted by Gasteiger charge is -2.34. The number of pyridine rings is 1. The molecule has 1 amide bonds. The third kappa shape index (κ3) is 4.81. The number of nitrogen functional groups attached to an aromatic ring is 1. The van der Waals surface area contributed by atoms with Crippen LogP contribution in [-0.4, -0.2) is 47.9 Å². The van der Waals surface area contributed by atoms with Crippen LogP contribution in [0.3, 0.4) is 0 Å². The van der Waals surface area contributed by atoms with Crippen molar-refractivity contribution in [1.82, 2.24) is 10.3 Å². The van der Waals surface area contributed by atoms with E-state index in [1.807, 2.05) is 24.5 Å². The second-order valence-corrected chi connectivity index (χ2v) is 10.7. The molecule has 1 aliphatic rings. The second kappa shape index (κ2) is 10.0. The second-order valence-electron chi connectivity index (χ2n) is 8.86. The van der Waals surface area contributed by atoms with Gasteiger partial charge in [0.15, 0.2) is 0 Å². The summed E-state index contributed by atoms with van der Waals surface area (Å²) in [6.45, 7) is 2.24. The average Bonchev–Trinajstić information content (AvgIpc) is 3.23. The van der Waals surface area contributed by atoms with Crippen molar-refractivity contribution in [3.63, 3.8) is 0 Å². The Bertz CT molecular complexity index is 1380. The molecule has 4 aromatic rings. The largest absolute Gasteiger partial charge is 0.397 e. The van der Waals surface area contributed by atoms with Crippen LogP contribution in [0, 0.1) is 0 Å². The molecule has 0 bridgehead atoms. The lowest BCUT2D eigenvalue weighted by Crippen LogP contribution is -2.44. The van der Waals surface area contributed by atoms with E-state index in [2.05, 4.69) is 40.5 Å². The summed E-state index contributed by atoms with van der Waals surface area (Å²) in [5.41, 5.74) is 13.1. The molecule has 1 fully saturated rings. The number of nitrogens with zero attached hydrogens (tertiary/aromatic N) is 2. The number of anilines is 2. The van der Waals surface area contributed by atoms with Crippen LogP contribution in [0.15, 0.2) is 53.4 Å². The summed E-state index contributed by atoms with van der Waals surface area (Å²) in [6.07, 6.45) is 3.36. The molecule has 1 aliphatic heterocycles. The molecule has 1 saturated heterocycles. The van der Waals surface area contributed by atoms with Gasteiger partial charge in [-0.2, -0.15) is 0 Å². The molecule has 2 aromatic carbocycles. The van der Waals surface area contributed by atoms with Gasteiger partial charge < -0.3 is 26.8 Å². The third-order valence-electron chi connectivity index (χ3n) is 6.67. The Morgan fingerprint density at radius 3 is 2.69 bits per heavy atom. The van der Waals surface area contributed by atoms with Gasteiger partial charge in [-0.1, -0.05) is 36.4 Å². The first-order valence-corrected chi connectivity index (χ1v) is 13.7. The van der Waals surface area contributed by atoms with Gasteiger partial charge >= 0.3 is 0 Å². The van der Waals surface area contributed by atoms with Gasteiger partial charge in [0.1, 0.15) is 15.5 Å². The van der Waals surface area contributed by atoms with Gasteiger partial charge in [0, 0.05) is 36.0 Å². The maximum Gasteiger partial charge on any atom is 0.260 e. The maximum absolute atomic E-state index is 11.8. The highest BCUT2D eigenvalue weighted by atomic mass is 32.2. The Balaban J connectivity index is 1.22. The smallest absolute Gasteiger partial charge is 0.260 e. The highest BCUT2D eigenvalue weighted by Gasteiger charge is 2.24. The monoisotopic (exact) mass is 507 g/mol. The van der Waals surface area contributed by atoms with Gasteiger partial charge in [0.05, 0.1) is 11.8 Å². The number of fused-ring (bicyclic) bond motifs is 2. The number of thiophene rings is 1. The fourth-order valence-corrected chi connectivity index (χ4v) is 6.37. The molecule has 0 aliphatic carbocycles. The van der Waals surface area contributed by atoms with Gasteiger partial charge in [-0.15, -0.1) is 23.1 Å². The van der Waals surface area contributed by atoms with E-state index in [4.69, 9.17) is 16.5 Å². The minimum Gasteiger partial charge on any atom is -0.397 e. The van der Waals surface area contributed by atoms with Gasteiger partial charge in [0.2, 0.25) is 0 Å². The minimum atomic E-state index is -0.547. The van der Waals surface area contributed by atoms with Crippen LogP contribution in [0.25, 0.3) is 21.0 Å². The highest BCUT2D eigenvalue weighted by Crippen LogP contribution is 2.40. The maximum atomic E-state index is 11.8. The number of primary amides is 1. The van der Waals surface area contributed by atoms with Gasteiger partial charge in [-0.25, -0.2) is 4.98 Å². The van der Waals surface area contributed by atoms with Gasteiger partial charge in [0.25, 0.3) is 5.91 Å². The molecular weight excluding hydrogens is 478 g/mol. The number of rotatable bonds is 7. The molecule has 3 heterocycles. The third-order valence-corrected chi connectivity index (χ3v) is 8.55. The lowest BCUT2D eigenvalue weighted by atomic mass is 10.0. The number of aromatic nitrogens is 1. The van der Waals surface area contributed by atoms with E-state index in [9.17, 15) is 9.90 Å². The summed E-state index contributed by atoms with van der Waals surface area (Å²) in [4.78, 5) is 21.0. The van der Waals surface area contributed by atoms with E-state index in [1.165, 1.54) is 16.7 Å². The number of amides is 1. The van der Waals surface area contributed by atoms with Crippen LogP contribution in [0.2, 0.25) is 0 Å². The SMILES string of the molecule is CSc1cc(N2CCC(NCC(O)c3ccc4ccccc4c3)CC2)nc2sc(C(N)=O)c(N)c12. The number of carbonyl (C=O) groups is 1. The number of thioether (sulfide) groups is 1. The normalized spacial score (nSPS) is 15.7. The van der Waals surface area contributed by atoms with Gasteiger partial charge in [-0.3, -0.25) is 4.79 Å². The molecule has 35 heavy (non-hydrogen) atoms. The molecule has 5 rings (SSSR count). The van der Waals surface area contributed by atoms with Crippen LogP contribution in [-0.2, 0) is 0 Å². The number of aliphatic hydroxyl groups excluding tert-OH is 1. The number of nitrogens with two attached hydrogens (primary N) is 2. The number of nitrogens with one attached hydrogen (secondary N) is 1. The van der Waals surface area contributed by atoms with Crippen molar-refractivity contribution in [3.8, 4) is 0 Å². The number of benzene rings is 2. The molecule has 0 saturated carbocycles. The zero-order valence-corrected chi connectivity index (χ0v) is 21.2. The Morgan fingerprint density at radius 1 is 1.23 bits per heavy atom. The quantitative estimate of drug-likeness (QED) is 0.278. The van der Waals surface area contributed by atoms with Crippen molar-refractivity contribution in [3.05, 3.63) is 59.0 Å². The van der Waals surface area contributed by atoms with Crippen LogP contribution >= 0.6 is 23.1 Å². The van der Waals surface area contributed by atoms with Gasteiger partial charge in [-0.05, 0) is 47.6 Å². The predicted molar refractivity (Wildman–Crippen MR) is 146 cm³/mol. The molecule has 6 N–H and O–H groups in total. The van der Waals surface area contributed by atoms with Crippen molar-refractivity contribution < 1.29 is 9.90 Å². The van der Waals surface area contributed by atoms with Crippen molar-refractivity contribution >= 4 is 61.5 Å². The summed E-state index contributed by atoms with van der Waals surface area (Å²) >= 11 is 2.85. The van der Waals surface area contributed by atoms with Crippen LogP contribution in [0.5, 0.6) is 0 Å². The summed E-state index contributed by atoms with van der Waals surface area (Å²) < 4.78 is 0. The van der Waals surface area contributed by atoms with E-state index >= 15 is 0 Å². The first-order chi connectivity index (χ1) is 16.9. The predicted octanol–water partition coefficient (Wildman–Crippen LogP) is 4.14. The molecule has 2 aromatic heterocycles. The van der Waals surface area contributed by atoms with Crippen LogP contribution in [0.4, 0.5) is 11.5 Å².